The lowest BCUT2D eigenvalue weighted by Gasteiger charge is -2.14. The number of hydrogen-bond donors (Lipinski definition) is 0. The number of rotatable bonds is 4. The molecule has 0 saturated carbocycles. The molecule has 3 heteroatoms. The molecule has 238 valence electrons. The topological polar surface area (TPSA) is 14.8 Å². The molecule has 0 aliphatic rings. The molecule has 0 spiro atoms. The van der Waals surface area contributed by atoms with Crippen LogP contribution in [0.4, 0.5) is 0 Å². The zero-order valence-corrected chi connectivity index (χ0v) is 27.7. The van der Waals surface area contributed by atoms with Gasteiger partial charge >= 0.3 is 0 Å². The third-order valence-corrected chi connectivity index (χ3v) is 10.6. The highest BCUT2D eigenvalue weighted by molar-refractivity contribution is 6.24. The van der Waals surface area contributed by atoms with Crippen LogP contribution in [0.25, 0.3) is 93.6 Å². The van der Waals surface area contributed by atoms with Crippen molar-refractivity contribution in [1.82, 2.24) is 13.7 Å². The zero-order chi connectivity index (χ0) is 33.5. The van der Waals surface area contributed by atoms with Crippen LogP contribution >= 0.6 is 0 Å². The molecule has 0 bridgehead atoms. The van der Waals surface area contributed by atoms with E-state index in [9.17, 15) is 0 Å². The first-order chi connectivity index (χ1) is 25.3. The van der Waals surface area contributed by atoms with Gasteiger partial charge in [-0.25, -0.2) is 0 Å². The van der Waals surface area contributed by atoms with Crippen LogP contribution in [0.2, 0.25) is 0 Å². The molecule has 0 N–H and O–H groups in total. The zero-order valence-electron chi connectivity index (χ0n) is 27.7. The van der Waals surface area contributed by atoms with Gasteiger partial charge < -0.3 is 13.7 Å². The van der Waals surface area contributed by atoms with Gasteiger partial charge in [-0.1, -0.05) is 127 Å². The van der Waals surface area contributed by atoms with E-state index in [1.807, 2.05) is 0 Å². The maximum absolute atomic E-state index is 2.49. The minimum Gasteiger partial charge on any atom is -0.309 e. The first kappa shape index (κ1) is 28.0. The second kappa shape index (κ2) is 10.8. The highest BCUT2D eigenvalue weighted by Crippen LogP contribution is 2.43. The van der Waals surface area contributed by atoms with Gasteiger partial charge in [0.25, 0.3) is 0 Å². The summed E-state index contributed by atoms with van der Waals surface area (Å²) in [5.41, 5.74) is 13.1. The third-order valence-electron chi connectivity index (χ3n) is 10.6. The molecule has 11 rings (SSSR count). The maximum atomic E-state index is 2.49. The lowest BCUT2D eigenvalue weighted by molar-refractivity contribution is 1.15. The Morgan fingerprint density at radius 1 is 0.275 bits per heavy atom. The number of fused-ring (bicyclic) bond motifs is 10. The Balaban J connectivity index is 1.23. The predicted octanol–water partition coefficient (Wildman–Crippen LogP) is 12.6. The van der Waals surface area contributed by atoms with E-state index in [1.165, 1.54) is 76.5 Å². The van der Waals surface area contributed by atoms with Crippen LogP contribution in [0, 0.1) is 0 Å². The molecular weight excluding hydrogens is 619 g/mol. The largest absolute Gasteiger partial charge is 0.309 e. The van der Waals surface area contributed by atoms with Crippen LogP contribution in [0.1, 0.15) is 0 Å². The molecule has 0 saturated heterocycles. The predicted molar refractivity (Wildman–Crippen MR) is 215 cm³/mol. The van der Waals surface area contributed by atoms with Crippen LogP contribution in [0.15, 0.2) is 188 Å². The Kier molecular flexibility index (Phi) is 5.96. The van der Waals surface area contributed by atoms with Crippen LogP contribution in [-0.2, 0) is 0 Å². The highest BCUT2D eigenvalue weighted by Gasteiger charge is 2.22. The second-order valence-electron chi connectivity index (χ2n) is 13.3. The molecule has 0 radical (unpaired) electrons. The molecule has 3 nitrogen and oxygen atoms in total. The van der Waals surface area contributed by atoms with E-state index in [0.717, 1.165) is 17.1 Å². The summed E-state index contributed by atoms with van der Waals surface area (Å²) < 4.78 is 7.33. The van der Waals surface area contributed by atoms with Gasteiger partial charge in [0.15, 0.2) is 0 Å². The van der Waals surface area contributed by atoms with Gasteiger partial charge in [-0.3, -0.25) is 0 Å². The van der Waals surface area contributed by atoms with Crippen molar-refractivity contribution in [3.8, 4) is 28.2 Å². The first-order valence-corrected chi connectivity index (χ1v) is 17.5. The average Bonchev–Trinajstić information content (AvgIpc) is 3.84. The van der Waals surface area contributed by atoms with E-state index in [2.05, 4.69) is 202 Å². The van der Waals surface area contributed by atoms with E-state index in [1.54, 1.807) is 0 Å². The number of aromatic nitrogens is 3. The van der Waals surface area contributed by atoms with Crippen molar-refractivity contribution in [2.24, 2.45) is 0 Å². The average molecular weight is 650 g/mol. The van der Waals surface area contributed by atoms with Gasteiger partial charge in [0, 0.05) is 49.4 Å². The molecule has 3 heterocycles. The second-order valence-corrected chi connectivity index (χ2v) is 13.3. The summed E-state index contributed by atoms with van der Waals surface area (Å²) >= 11 is 0. The number of benzene rings is 8. The van der Waals surface area contributed by atoms with Crippen molar-refractivity contribution in [2.45, 2.75) is 0 Å². The van der Waals surface area contributed by atoms with Gasteiger partial charge in [0.1, 0.15) is 0 Å². The van der Waals surface area contributed by atoms with Gasteiger partial charge in [-0.2, -0.15) is 0 Å². The van der Waals surface area contributed by atoms with Crippen molar-refractivity contribution >= 4 is 65.4 Å². The van der Waals surface area contributed by atoms with Crippen molar-refractivity contribution in [1.29, 1.82) is 0 Å². The van der Waals surface area contributed by atoms with Crippen LogP contribution < -0.4 is 0 Å². The molecule has 0 fully saturated rings. The molecule has 0 atom stereocenters. The smallest absolute Gasteiger partial charge is 0.0788 e. The highest BCUT2D eigenvalue weighted by atomic mass is 15.0. The minimum absolute atomic E-state index is 1.14. The van der Waals surface area contributed by atoms with Crippen molar-refractivity contribution < 1.29 is 0 Å². The fraction of sp³-hybridized carbons (Fsp3) is 0. The van der Waals surface area contributed by atoms with E-state index in [0.29, 0.717) is 0 Å². The lowest BCUT2D eigenvalue weighted by atomic mass is 9.99. The number of para-hydroxylation sites is 5. The van der Waals surface area contributed by atoms with E-state index < -0.39 is 0 Å². The lowest BCUT2D eigenvalue weighted by Crippen LogP contribution is -1.99. The van der Waals surface area contributed by atoms with Crippen molar-refractivity contribution in [3.05, 3.63) is 188 Å². The molecular formula is C48H31N3. The number of nitrogens with zero attached hydrogens (tertiary/aromatic N) is 3. The van der Waals surface area contributed by atoms with Gasteiger partial charge in [-0.05, 0) is 71.8 Å². The summed E-state index contributed by atoms with van der Waals surface area (Å²) in [7, 11) is 0. The van der Waals surface area contributed by atoms with Gasteiger partial charge in [0.05, 0.1) is 33.1 Å². The molecule has 11 aromatic rings. The van der Waals surface area contributed by atoms with Crippen LogP contribution in [0.5, 0.6) is 0 Å². The Labute approximate surface area is 294 Å². The first-order valence-electron chi connectivity index (χ1n) is 17.5. The Morgan fingerprint density at radius 3 is 1.35 bits per heavy atom. The summed E-state index contributed by atoms with van der Waals surface area (Å²) in [6.07, 6.45) is 0. The fourth-order valence-corrected chi connectivity index (χ4v) is 8.54. The van der Waals surface area contributed by atoms with E-state index in [-0.39, 0.29) is 0 Å². The Bertz CT molecular complexity index is 3120. The Hall–Kier alpha value is -6.84. The molecule has 3 aromatic heterocycles. The van der Waals surface area contributed by atoms with Gasteiger partial charge in [-0.15, -0.1) is 0 Å². The molecule has 8 aromatic carbocycles. The monoisotopic (exact) mass is 649 g/mol. The minimum atomic E-state index is 1.14. The van der Waals surface area contributed by atoms with Crippen molar-refractivity contribution in [3.63, 3.8) is 0 Å². The normalized spacial score (nSPS) is 11.9. The summed E-state index contributed by atoms with van der Waals surface area (Å²) in [6, 6.07) is 68.4. The van der Waals surface area contributed by atoms with Crippen LogP contribution in [-0.4, -0.2) is 13.7 Å². The molecule has 0 unspecified atom stereocenters. The Morgan fingerprint density at radius 2 is 0.725 bits per heavy atom. The molecule has 0 aliphatic carbocycles. The molecule has 0 amide bonds. The molecule has 51 heavy (non-hydrogen) atoms. The van der Waals surface area contributed by atoms with E-state index in [4.69, 9.17) is 0 Å². The van der Waals surface area contributed by atoms with Crippen molar-refractivity contribution in [2.75, 3.05) is 0 Å². The molecule has 0 aliphatic heterocycles. The third kappa shape index (κ3) is 4.00. The van der Waals surface area contributed by atoms with Gasteiger partial charge in [0.2, 0.25) is 0 Å². The SMILES string of the molecule is c1ccc(-n2c3ccccc3c3c(-c4cccc(-n5c6ccccc6c6ccc7c8ccccc8n(-c8ccccc8)c7c65)c4)cccc32)cc1. The summed E-state index contributed by atoms with van der Waals surface area (Å²) in [4.78, 5) is 0. The van der Waals surface area contributed by atoms with E-state index >= 15 is 0 Å². The quantitative estimate of drug-likeness (QED) is 0.180. The standard InChI is InChI=1S/C48H31N3/c1-3-16-33(17-4-1)49-44-27-12-9-23-41(44)46-36(24-14-28-45(46)49)32-15-13-20-35(31-32)51-43-26-11-8-22-38(43)40-30-29-39-37-21-7-10-25-42(37)50(47(39)48(40)51)34-18-5-2-6-19-34/h1-31H. The fourth-order valence-electron chi connectivity index (χ4n) is 8.54. The maximum Gasteiger partial charge on any atom is 0.0788 e. The summed E-state index contributed by atoms with van der Waals surface area (Å²) in [6.45, 7) is 0. The van der Waals surface area contributed by atoms with Crippen LogP contribution in [0.3, 0.4) is 0 Å². The number of hydrogen-bond acceptors (Lipinski definition) is 0. The summed E-state index contributed by atoms with van der Waals surface area (Å²) in [5.74, 6) is 0. The summed E-state index contributed by atoms with van der Waals surface area (Å²) in [5, 5.41) is 7.52.